The molecule has 5 heteroatoms. The van der Waals surface area contributed by atoms with Crippen molar-refractivity contribution < 1.29 is 14.7 Å². The Kier molecular flexibility index (Phi) is 5.45. The summed E-state index contributed by atoms with van der Waals surface area (Å²) in [6, 6.07) is 7.57. The van der Waals surface area contributed by atoms with Gasteiger partial charge in [0.05, 0.1) is 5.41 Å². The minimum absolute atomic E-state index is 0.0547. The van der Waals surface area contributed by atoms with Gasteiger partial charge in [-0.25, -0.2) is 0 Å². The normalized spacial score (nSPS) is 12.0. The van der Waals surface area contributed by atoms with E-state index in [0.717, 1.165) is 4.90 Å². The fourth-order valence-electron chi connectivity index (χ4n) is 1.64. The van der Waals surface area contributed by atoms with Gasteiger partial charge in [-0.05, 0) is 38.1 Å². The second-order valence-corrected chi connectivity index (χ2v) is 8.55. The zero-order chi connectivity index (χ0) is 16.3. The third kappa shape index (κ3) is 6.21. The first-order valence-corrected chi connectivity index (χ1v) is 7.64. The van der Waals surface area contributed by atoms with E-state index in [1.165, 1.54) is 13.8 Å². The summed E-state index contributed by atoms with van der Waals surface area (Å²) in [5.41, 5.74) is -0.383. The summed E-state index contributed by atoms with van der Waals surface area (Å²) in [5.74, 6) is -1.27. The highest BCUT2D eigenvalue weighted by Gasteiger charge is 2.30. The largest absolute Gasteiger partial charge is 0.481 e. The van der Waals surface area contributed by atoms with Gasteiger partial charge in [-0.1, -0.05) is 20.8 Å². The molecule has 1 amide bonds. The Bertz CT molecular complexity index is 515. The minimum atomic E-state index is -1.06. The topological polar surface area (TPSA) is 66.4 Å². The molecule has 0 saturated heterocycles. The lowest BCUT2D eigenvalue weighted by Gasteiger charge is -2.19. The van der Waals surface area contributed by atoms with E-state index >= 15 is 0 Å². The predicted octanol–water partition coefficient (Wildman–Crippen LogP) is 4.02. The number of rotatable bonds is 5. The van der Waals surface area contributed by atoms with Gasteiger partial charge >= 0.3 is 5.97 Å². The van der Waals surface area contributed by atoms with Gasteiger partial charge in [-0.15, -0.1) is 11.8 Å². The molecule has 0 spiro atoms. The summed E-state index contributed by atoms with van der Waals surface area (Å²) in [7, 11) is 0. The monoisotopic (exact) mass is 309 g/mol. The Morgan fingerprint density at radius 1 is 1.10 bits per heavy atom. The van der Waals surface area contributed by atoms with E-state index in [2.05, 4.69) is 26.1 Å². The molecule has 0 atom stereocenters. The van der Waals surface area contributed by atoms with E-state index in [1.54, 1.807) is 11.8 Å². The second kappa shape index (κ2) is 6.52. The molecule has 4 nitrogen and oxygen atoms in total. The van der Waals surface area contributed by atoms with Crippen LogP contribution in [-0.2, 0) is 9.59 Å². The molecule has 21 heavy (non-hydrogen) atoms. The number of carboxylic acids is 1. The van der Waals surface area contributed by atoms with Crippen molar-refractivity contribution in [1.29, 1.82) is 0 Å². The van der Waals surface area contributed by atoms with Crippen molar-refractivity contribution in [3.05, 3.63) is 24.3 Å². The van der Waals surface area contributed by atoms with Crippen molar-refractivity contribution in [2.24, 2.45) is 5.41 Å². The summed E-state index contributed by atoms with van der Waals surface area (Å²) in [6.07, 6.45) is -0.0547. The quantitative estimate of drug-likeness (QED) is 0.806. The van der Waals surface area contributed by atoms with Crippen LogP contribution in [0.25, 0.3) is 0 Å². The lowest BCUT2D eigenvalue weighted by atomic mass is 9.89. The van der Waals surface area contributed by atoms with Crippen LogP contribution in [0.15, 0.2) is 29.2 Å². The van der Waals surface area contributed by atoms with Crippen LogP contribution in [0.5, 0.6) is 0 Å². The highest BCUT2D eigenvalue weighted by Crippen LogP contribution is 2.32. The zero-order valence-electron chi connectivity index (χ0n) is 13.2. The third-order valence-corrected chi connectivity index (χ3v) is 3.86. The summed E-state index contributed by atoms with van der Waals surface area (Å²) < 4.78 is 0.135. The summed E-state index contributed by atoms with van der Waals surface area (Å²) in [5, 5.41) is 11.7. The molecule has 0 aliphatic rings. The van der Waals surface area contributed by atoms with E-state index in [0.29, 0.717) is 5.69 Å². The molecule has 0 aliphatic heterocycles. The molecule has 0 saturated carbocycles. The molecular formula is C16H23NO3S. The Hall–Kier alpha value is -1.49. The van der Waals surface area contributed by atoms with Crippen LogP contribution in [-0.4, -0.2) is 21.7 Å². The maximum atomic E-state index is 11.9. The van der Waals surface area contributed by atoms with Crippen LogP contribution in [0.3, 0.4) is 0 Å². The summed E-state index contributed by atoms with van der Waals surface area (Å²) in [6.45, 7) is 9.50. The number of hydrogen-bond acceptors (Lipinski definition) is 3. The van der Waals surface area contributed by atoms with E-state index in [-0.39, 0.29) is 17.1 Å². The van der Waals surface area contributed by atoms with Crippen LogP contribution in [0, 0.1) is 5.41 Å². The van der Waals surface area contributed by atoms with E-state index in [1.807, 2.05) is 24.3 Å². The van der Waals surface area contributed by atoms with E-state index in [4.69, 9.17) is 5.11 Å². The smallest absolute Gasteiger partial charge is 0.309 e. The fourth-order valence-corrected chi connectivity index (χ4v) is 2.62. The molecule has 0 radical (unpaired) electrons. The van der Waals surface area contributed by atoms with Gasteiger partial charge < -0.3 is 10.4 Å². The maximum Gasteiger partial charge on any atom is 0.309 e. The predicted molar refractivity (Wildman–Crippen MR) is 86.7 cm³/mol. The molecule has 1 rings (SSSR count). The SMILES string of the molecule is CC(C)(C)Sc1ccc(NC(=O)CC(C)(C)C(=O)O)cc1. The van der Waals surface area contributed by atoms with Crippen LogP contribution < -0.4 is 5.32 Å². The number of carbonyl (C=O) groups is 2. The molecule has 2 N–H and O–H groups in total. The highest BCUT2D eigenvalue weighted by molar-refractivity contribution is 8.00. The first kappa shape index (κ1) is 17.6. The zero-order valence-corrected chi connectivity index (χ0v) is 14.0. The maximum absolute atomic E-state index is 11.9. The van der Waals surface area contributed by atoms with Gasteiger partial charge in [0.2, 0.25) is 5.91 Å². The van der Waals surface area contributed by atoms with Crippen molar-refractivity contribution >= 4 is 29.3 Å². The van der Waals surface area contributed by atoms with E-state index < -0.39 is 11.4 Å². The van der Waals surface area contributed by atoms with Crippen LogP contribution in [0.4, 0.5) is 5.69 Å². The van der Waals surface area contributed by atoms with Gasteiger partial charge in [-0.2, -0.15) is 0 Å². The second-order valence-electron chi connectivity index (χ2n) is 6.65. The number of carboxylic acid groups (broad SMARTS) is 1. The Labute approximate surface area is 130 Å². The van der Waals surface area contributed by atoms with Gasteiger partial charge in [0, 0.05) is 21.8 Å². The first-order valence-electron chi connectivity index (χ1n) is 6.82. The minimum Gasteiger partial charge on any atom is -0.481 e. The number of hydrogen-bond donors (Lipinski definition) is 2. The molecule has 0 fully saturated rings. The molecule has 1 aromatic rings. The van der Waals surface area contributed by atoms with Crippen molar-refractivity contribution in [3.63, 3.8) is 0 Å². The van der Waals surface area contributed by atoms with Crippen molar-refractivity contribution in [2.75, 3.05) is 5.32 Å². The lowest BCUT2D eigenvalue weighted by molar-refractivity contribution is -0.148. The van der Waals surface area contributed by atoms with Gasteiger partial charge in [0.15, 0.2) is 0 Å². The number of benzene rings is 1. The number of amides is 1. The average Bonchev–Trinajstić information content (AvgIpc) is 2.28. The number of aliphatic carboxylic acids is 1. The number of thioether (sulfide) groups is 1. The molecular weight excluding hydrogens is 286 g/mol. The summed E-state index contributed by atoms with van der Waals surface area (Å²) in [4.78, 5) is 24.0. The molecule has 116 valence electrons. The number of carbonyl (C=O) groups excluding carboxylic acids is 1. The number of nitrogens with one attached hydrogen (secondary N) is 1. The van der Waals surface area contributed by atoms with Crippen molar-refractivity contribution in [2.45, 2.75) is 50.7 Å². The molecule has 0 aliphatic carbocycles. The van der Waals surface area contributed by atoms with E-state index in [9.17, 15) is 9.59 Å². The lowest BCUT2D eigenvalue weighted by Crippen LogP contribution is -2.29. The molecule has 0 unspecified atom stereocenters. The Morgan fingerprint density at radius 3 is 2.05 bits per heavy atom. The molecule has 1 aromatic carbocycles. The molecule has 0 bridgehead atoms. The summed E-state index contributed by atoms with van der Waals surface area (Å²) >= 11 is 1.75. The van der Waals surface area contributed by atoms with Crippen LogP contribution in [0.1, 0.15) is 41.0 Å². The highest BCUT2D eigenvalue weighted by atomic mass is 32.2. The van der Waals surface area contributed by atoms with Crippen molar-refractivity contribution in [1.82, 2.24) is 0 Å². The standard InChI is InChI=1S/C16H23NO3S/c1-15(2,3)21-12-8-6-11(7-9-12)17-13(18)10-16(4,5)14(19)20/h6-9H,10H2,1-5H3,(H,17,18)(H,19,20). The van der Waals surface area contributed by atoms with Gasteiger partial charge in [-0.3, -0.25) is 9.59 Å². The molecule has 0 aromatic heterocycles. The fraction of sp³-hybridized carbons (Fsp3) is 0.500. The number of anilines is 1. The van der Waals surface area contributed by atoms with Gasteiger partial charge in [0.1, 0.15) is 0 Å². The van der Waals surface area contributed by atoms with Crippen LogP contribution in [0.2, 0.25) is 0 Å². The third-order valence-electron chi connectivity index (χ3n) is 2.74. The first-order chi connectivity index (χ1) is 9.49. The Balaban J connectivity index is 2.64. The van der Waals surface area contributed by atoms with Crippen LogP contribution >= 0.6 is 11.8 Å². The Morgan fingerprint density at radius 2 is 1.62 bits per heavy atom. The average molecular weight is 309 g/mol. The molecule has 0 heterocycles. The van der Waals surface area contributed by atoms with Gasteiger partial charge in [0.25, 0.3) is 0 Å². The van der Waals surface area contributed by atoms with Crippen molar-refractivity contribution in [3.8, 4) is 0 Å².